The topological polar surface area (TPSA) is 56.1 Å². The van der Waals surface area contributed by atoms with E-state index in [2.05, 4.69) is 40.6 Å². The van der Waals surface area contributed by atoms with Crippen molar-refractivity contribution in [2.45, 2.75) is 36.1 Å². The van der Waals surface area contributed by atoms with E-state index in [1.807, 2.05) is 54.6 Å². The molecular weight excluding hydrogens is 414 g/mol. The minimum Gasteiger partial charge on any atom is -0.349 e. The highest BCUT2D eigenvalue weighted by atomic mass is 32.2. The Morgan fingerprint density at radius 1 is 0.938 bits per heavy atom. The number of thioether (sulfide) groups is 1. The molecule has 1 fully saturated rings. The number of hydrogen-bond donors (Lipinski definition) is 1. The van der Waals surface area contributed by atoms with Gasteiger partial charge in [-0.05, 0) is 48.2 Å². The summed E-state index contributed by atoms with van der Waals surface area (Å²) in [5.74, 6) is 0.767. The first-order valence-corrected chi connectivity index (χ1v) is 12.0. The van der Waals surface area contributed by atoms with Crippen molar-refractivity contribution in [2.24, 2.45) is 0 Å². The molecular formula is C27H27N3OS. The van der Waals surface area contributed by atoms with Crippen LogP contribution in [0.4, 0.5) is 0 Å². The third-order valence-corrected chi connectivity index (χ3v) is 6.93. The average Bonchev–Trinajstić information content (AvgIpc) is 2.85. The summed E-state index contributed by atoms with van der Waals surface area (Å²) in [5, 5.41) is 12.2. The van der Waals surface area contributed by atoms with Gasteiger partial charge >= 0.3 is 0 Å². The van der Waals surface area contributed by atoms with Gasteiger partial charge in [-0.2, -0.15) is 5.26 Å². The summed E-state index contributed by atoms with van der Waals surface area (Å²) in [4.78, 5) is 16.5. The number of carbonyl (C=O) groups excluding carboxylic acids is 1. The minimum absolute atomic E-state index is 0.00874. The molecule has 0 atom stereocenters. The lowest BCUT2D eigenvalue weighted by molar-refractivity contribution is 0.0906. The molecule has 0 saturated carbocycles. The predicted octanol–water partition coefficient (Wildman–Crippen LogP) is 5.24. The Balaban J connectivity index is 1.30. The third-order valence-electron chi connectivity index (χ3n) is 5.78. The molecule has 1 aliphatic rings. The fourth-order valence-corrected chi connectivity index (χ4v) is 4.96. The van der Waals surface area contributed by atoms with E-state index in [4.69, 9.17) is 5.26 Å². The molecule has 5 heteroatoms. The van der Waals surface area contributed by atoms with E-state index in [0.717, 1.165) is 54.3 Å². The Bertz CT molecular complexity index is 1070. The van der Waals surface area contributed by atoms with Crippen LogP contribution in [0.5, 0.6) is 0 Å². The molecule has 1 heterocycles. The number of hydrogen-bond acceptors (Lipinski definition) is 4. The molecule has 1 aliphatic heterocycles. The van der Waals surface area contributed by atoms with E-state index < -0.39 is 0 Å². The van der Waals surface area contributed by atoms with Crippen molar-refractivity contribution in [2.75, 3.05) is 13.1 Å². The van der Waals surface area contributed by atoms with Gasteiger partial charge in [-0.25, -0.2) is 0 Å². The van der Waals surface area contributed by atoms with E-state index >= 15 is 0 Å². The summed E-state index contributed by atoms with van der Waals surface area (Å²) in [7, 11) is 0. The Kier molecular flexibility index (Phi) is 7.60. The summed E-state index contributed by atoms with van der Waals surface area (Å²) in [5.41, 5.74) is 3.87. The van der Waals surface area contributed by atoms with Crippen LogP contribution in [0.15, 0.2) is 83.8 Å². The molecule has 1 saturated heterocycles. The molecule has 0 bridgehead atoms. The minimum atomic E-state index is 0.00874. The fourth-order valence-electron chi connectivity index (χ4n) is 3.96. The second-order valence-electron chi connectivity index (χ2n) is 8.10. The van der Waals surface area contributed by atoms with Crippen LogP contribution in [0.25, 0.3) is 0 Å². The molecule has 0 aliphatic carbocycles. The van der Waals surface area contributed by atoms with E-state index in [0.29, 0.717) is 5.56 Å². The molecule has 3 aromatic carbocycles. The van der Waals surface area contributed by atoms with Gasteiger partial charge in [-0.1, -0.05) is 54.6 Å². The molecule has 4 rings (SSSR count). The van der Waals surface area contributed by atoms with Crippen molar-refractivity contribution in [3.8, 4) is 6.07 Å². The second kappa shape index (κ2) is 11.0. The number of nitrogens with zero attached hydrogens (tertiary/aromatic N) is 2. The summed E-state index contributed by atoms with van der Waals surface area (Å²) in [6, 6.07) is 28.3. The molecule has 1 amide bonds. The summed E-state index contributed by atoms with van der Waals surface area (Å²) in [6.07, 6.45) is 1.94. The van der Waals surface area contributed by atoms with Crippen LogP contribution in [0, 0.1) is 11.3 Å². The number of nitriles is 1. The fraction of sp³-hybridized carbons (Fsp3) is 0.259. The van der Waals surface area contributed by atoms with E-state index in [-0.39, 0.29) is 11.9 Å². The van der Waals surface area contributed by atoms with Gasteiger partial charge in [0.25, 0.3) is 5.91 Å². The zero-order valence-corrected chi connectivity index (χ0v) is 18.9. The first-order valence-electron chi connectivity index (χ1n) is 11.0. The van der Waals surface area contributed by atoms with Crippen LogP contribution in [-0.2, 0) is 12.3 Å². The number of benzene rings is 3. The lowest BCUT2D eigenvalue weighted by Gasteiger charge is -2.32. The van der Waals surface area contributed by atoms with Crippen LogP contribution in [0.3, 0.4) is 0 Å². The zero-order chi connectivity index (χ0) is 22.2. The summed E-state index contributed by atoms with van der Waals surface area (Å²) < 4.78 is 0. The third kappa shape index (κ3) is 6.00. The smallest absolute Gasteiger partial charge is 0.252 e. The van der Waals surface area contributed by atoms with Crippen LogP contribution in [0.1, 0.15) is 39.9 Å². The van der Waals surface area contributed by atoms with Crippen molar-refractivity contribution in [3.63, 3.8) is 0 Å². The summed E-state index contributed by atoms with van der Waals surface area (Å²) in [6.45, 7) is 2.96. The van der Waals surface area contributed by atoms with Crippen LogP contribution in [0.2, 0.25) is 0 Å². The van der Waals surface area contributed by atoms with Crippen LogP contribution in [-0.4, -0.2) is 29.9 Å². The quantitative estimate of drug-likeness (QED) is 0.509. The number of likely N-dealkylation sites (tertiary alicyclic amines) is 1. The van der Waals surface area contributed by atoms with Gasteiger partial charge in [0.15, 0.2) is 0 Å². The zero-order valence-electron chi connectivity index (χ0n) is 18.0. The van der Waals surface area contributed by atoms with Crippen molar-refractivity contribution in [3.05, 3.63) is 101 Å². The highest BCUT2D eigenvalue weighted by Gasteiger charge is 2.22. The first-order chi connectivity index (χ1) is 15.7. The van der Waals surface area contributed by atoms with Gasteiger partial charge in [0, 0.05) is 36.3 Å². The SMILES string of the molecule is N#Cc1ccc(CSc2ccccc2C(=O)NC2CCN(Cc3ccccc3)CC2)cc1. The number of amides is 1. The number of piperidine rings is 1. The van der Waals surface area contributed by atoms with Crippen molar-refractivity contribution < 1.29 is 4.79 Å². The Morgan fingerprint density at radius 3 is 2.34 bits per heavy atom. The Hall–Kier alpha value is -3.07. The van der Waals surface area contributed by atoms with Crippen molar-refractivity contribution in [1.82, 2.24) is 10.2 Å². The second-order valence-corrected chi connectivity index (χ2v) is 9.12. The van der Waals surface area contributed by atoms with Gasteiger partial charge in [-0.15, -0.1) is 11.8 Å². The van der Waals surface area contributed by atoms with E-state index in [1.54, 1.807) is 11.8 Å². The van der Waals surface area contributed by atoms with Crippen LogP contribution < -0.4 is 5.32 Å². The molecule has 0 unspecified atom stereocenters. The molecule has 0 aromatic heterocycles. The highest BCUT2D eigenvalue weighted by molar-refractivity contribution is 7.98. The van der Waals surface area contributed by atoms with Crippen molar-refractivity contribution >= 4 is 17.7 Å². The van der Waals surface area contributed by atoms with Gasteiger partial charge in [0.1, 0.15) is 0 Å². The van der Waals surface area contributed by atoms with Gasteiger partial charge in [0.05, 0.1) is 17.2 Å². The maximum Gasteiger partial charge on any atom is 0.252 e. The normalized spacial score (nSPS) is 14.6. The molecule has 162 valence electrons. The maximum atomic E-state index is 13.0. The van der Waals surface area contributed by atoms with Gasteiger partial charge < -0.3 is 5.32 Å². The van der Waals surface area contributed by atoms with E-state index in [9.17, 15) is 4.79 Å². The Labute approximate surface area is 194 Å². The lowest BCUT2D eigenvalue weighted by Crippen LogP contribution is -2.44. The number of rotatable bonds is 7. The monoisotopic (exact) mass is 441 g/mol. The average molecular weight is 442 g/mol. The molecule has 1 N–H and O–H groups in total. The van der Waals surface area contributed by atoms with E-state index in [1.165, 1.54) is 5.56 Å². The number of nitrogens with one attached hydrogen (secondary N) is 1. The van der Waals surface area contributed by atoms with Gasteiger partial charge in [-0.3, -0.25) is 9.69 Å². The molecule has 0 spiro atoms. The van der Waals surface area contributed by atoms with Crippen molar-refractivity contribution in [1.29, 1.82) is 5.26 Å². The molecule has 4 nitrogen and oxygen atoms in total. The largest absolute Gasteiger partial charge is 0.349 e. The molecule has 32 heavy (non-hydrogen) atoms. The van der Waals surface area contributed by atoms with Crippen LogP contribution >= 0.6 is 11.8 Å². The highest BCUT2D eigenvalue weighted by Crippen LogP contribution is 2.27. The summed E-state index contributed by atoms with van der Waals surface area (Å²) >= 11 is 1.65. The predicted molar refractivity (Wildman–Crippen MR) is 129 cm³/mol. The maximum absolute atomic E-state index is 13.0. The molecule has 3 aromatic rings. The van der Waals surface area contributed by atoms with Gasteiger partial charge in [0.2, 0.25) is 0 Å². The molecule has 0 radical (unpaired) electrons. The first kappa shape index (κ1) is 22.1. The Morgan fingerprint density at radius 2 is 1.62 bits per heavy atom. The lowest BCUT2D eigenvalue weighted by atomic mass is 10.0. The standard InChI is InChI=1S/C27H27N3OS/c28-18-21-10-12-23(13-11-21)20-32-26-9-5-4-8-25(26)27(31)29-24-14-16-30(17-15-24)19-22-6-2-1-3-7-22/h1-13,24H,14-17,19-20H2,(H,29,31). The number of carbonyl (C=O) groups is 1.